The van der Waals surface area contributed by atoms with Crippen molar-refractivity contribution in [3.05, 3.63) is 93.4 Å². The van der Waals surface area contributed by atoms with Crippen LogP contribution in [0.25, 0.3) is 0 Å². The van der Waals surface area contributed by atoms with Crippen molar-refractivity contribution in [3.8, 4) is 5.75 Å². The maximum atomic E-state index is 13.5. The number of halogens is 1. The highest BCUT2D eigenvalue weighted by molar-refractivity contribution is 5.94. The van der Waals surface area contributed by atoms with Gasteiger partial charge in [-0.1, -0.05) is 42.5 Å². The minimum Gasteiger partial charge on any atom is -0.481 e. The average Bonchev–Trinajstić information content (AvgIpc) is 2.83. The van der Waals surface area contributed by atoms with E-state index in [1.165, 1.54) is 23.8 Å². The summed E-state index contributed by atoms with van der Waals surface area (Å²) in [6.45, 7) is 4.31. The Kier molecular flexibility index (Phi) is 6.76. The first-order chi connectivity index (χ1) is 16.3. The molecule has 1 aliphatic heterocycles. The van der Waals surface area contributed by atoms with Crippen molar-refractivity contribution in [2.75, 3.05) is 13.7 Å². The lowest BCUT2D eigenvalue weighted by Gasteiger charge is -2.33. The van der Waals surface area contributed by atoms with Gasteiger partial charge in [0.1, 0.15) is 23.8 Å². The topological polar surface area (TPSA) is 82.9 Å². The smallest absolute Gasteiger partial charge is 0.300 e. The first-order valence-corrected chi connectivity index (χ1v) is 10.9. The highest BCUT2D eigenvalue weighted by Crippen LogP contribution is 2.28. The van der Waals surface area contributed by atoms with E-state index in [9.17, 15) is 14.0 Å². The van der Waals surface area contributed by atoms with Crippen molar-refractivity contribution in [1.82, 2.24) is 14.6 Å². The molecule has 1 aromatic heterocycles. The van der Waals surface area contributed by atoms with Gasteiger partial charge in [0.15, 0.2) is 5.69 Å². The normalized spacial score (nSPS) is 14.4. The number of aromatic nitrogens is 2. The van der Waals surface area contributed by atoms with Gasteiger partial charge in [0.2, 0.25) is 5.75 Å². The molecule has 0 N–H and O–H groups in total. The van der Waals surface area contributed by atoms with E-state index in [0.29, 0.717) is 24.5 Å². The number of fused-ring (bicyclic) bond motifs is 1. The first-order valence-electron chi connectivity index (χ1n) is 10.9. The Morgan fingerprint density at radius 2 is 1.85 bits per heavy atom. The number of hydroxylamine groups is 2. The van der Waals surface area contributed by atoms with Crippen molar-refractivity contribution in [2.45, 2.75) is 39.1 Å². The number of ether oxygens (including phenoxy) is 2. The molecule has 9 heteroatoms. The number of nitrogens with zero attached hydrogens (tertiary/aromatic N) is 3. The summed E-state index contributed by atoms with van der Waals surface area (Å²) in [4.78, 5) is 36.8. The molecule has 0 bridgehead atoms. The van der Waals surface area contributed by atoms with Crippen molar-refractivity contribution >= 4 is 5.91 Å². The molecule has 8 nitrogen and oxygen atoms in total. The lowest BCUT2D eigenvalue weighted by atomic mass is 10.1. The van der Waals surface area contributed by atoms with Crippen molar-refractivity contribution in [1.29, 1.82) is 0 Å². The molecule has 3 aromatic rings. The minimum absolute atomic E-state index is 0.0216. The minimum atomic E-state index is -0.876. The quantitative estimate of drug-likeness (QED) is 0.495. The van der Waals surface area contributed by atoms with E-state index in [4.69, 9.17) is 14.3 Å². The number of carbonyl (C=O) groups is 1. The molecule has 0 unspecified atom stereocenters. The maximum absolute atomic E-state index is 13.5. The Hall–Kier alpha value is -3.56. The van der Waals surface area contributed by atoms with Crippen LogP contribution in [0.4, 0.5) is 4.39 Å². The van der Waals surface area contributed by atoms with Crippen LogP contribution in [0, 0.1) is 5.82 Å². The van der Waals surface area contributed by atoms with Crippen LogP contribution in [0.15, 0.2) is 59.4 Å². The summed E-state index contributed by atoms with van der Waals surface area (Å²) in [5, 5.41) is 1.05. The summed E-state index contributed by atoms with van der Waals surface area (Å²) < 4.78 is 26.5. The maximum Gasteiger partial charge on any atom is 0.300 e. The van der Waals surface area contributed by atoms with E-state index in [1.54, 1.807) is 26.0 Å². The van der Waals surface area contributed by atoms with Crippen molar-refractivity contribution < 1.29 is 23.5 Å². The van der Waals surface area contributed by atoms with Crippen LogP contribution in [-0.4, -0.2) is 34.2 Å². The van der Waals surface area contributed by atoms with E-state index < -0.39 is 17.1 Å². The number of benzene rings is 2. The number of hydrogen-bond donors (Lipinski definition) is 0. The first kappa shape index (κ1) is 23.6. The third kappa shape index (κ3) is 4.85. The predicted molar refractivity (Wildman–Crippen MR) is 122 cm³/mol. The molecule has 0 aliphatic carbocycles. The molecule has 178 valence electrons. The Bertz CT molecular complexity index is 1230. The Morgan fingerprint density at radius 3 is 2.53 bits per heavy atom. The second-order valence-corrected chi connectivity index (χ2v) is 8.35. The molecule has 1 aliphatic rings. The van der Waals surface area contributed by atoms with Crippen LogP contribution in [0.2, 0.25) is 0 Å². The fourth-order valence-electron chi connectivity index (χ4n) is 3.76. The lowest BCUT2D eigenvalue weighted by Crippen LogP contribution is -2.43. The fraction of sp³-hybridized carbons (Fsp3) is 0.320. The van der Waals surface area contributed by atoms with E-state index in [-0.39, 0.29) is 30.4 Å². The molecule has 0 saturated carbocycles. The zero-order valence-corrected chi connectivity index (χ0v) is 19.3. The zero-order chi connectivity index (χ0) is 24.3. The fourth-order valence-corrected chi connectivity index (χ4v) is 3.76. The molecule has 2 aromatic carbocycles. The number of amides is 1. The van der Waals surface area contributed by atoms with Crippen molar-refractivity contribution in [3.63, 3.8) is 0 Å². The summed E-state index contributed by atoms with van der Waals surface area (Å²) in [5.74, 6) is -0.868. The molecule has 0 radical (unpaired) electrons. The van der Waals surface area contributed by atoms with Crippen LogP contribution in [-0.2, 0) is 34.9 Å². The van der Waals surface area contributed by atoms with Gasteiger partial charge in [-0.25, -0.2) is 14.4 Å². The van der Waals surface area contributed by atoms with E-state index in [2.05, 4.69) is 4.98 Å². The van der Waals surface area contributed by atoms with Gasteiger partial charge in [0.05, 0.1) is 26.8 Å². The third-order valence-corrected chi connectivity index (χ3v) is 5.56. The lowest BCUT2D eigenvalue weighted by molar-refractivity contribution is -0.102. The Morgan fingerprint density at radius 1 is 1.15 bits per heavy atom. The Balaban J connectivity index is 1.74. The second kappa shape index (κ2) is 9.74. The van der Waals surface area contributed by atoms with Gasteiger partial charge < -0.3 is 9.47 Å². The molecule has 0 saturated heterocycles. The molecule has 4 rings (SSSR count). The number of rotatable bonds is 7. The summed E-state index contributed by atoms with van der Waals surface area (Å²) in [7, 11) is 1.34. The number of hydrogen-bond acceptors (Lipinski definition) is 6. The average molecular weight is 467 g/mol. The molecular weight excluding hydrogens is 441 g/mol. The molecule has 0 spiro atoms. The standard InChI is InChI=1S/C25H26FN3O5/c1-25(2)24-27-20(22(30)29(32-3)15-17-9-11-19(26)12-10-17)21(23(31)28(24)13-14-34-25)33-16-18-7-5-4-6-8-18/h4-12H,13-16H2,1-3H3. The zero-order valence-electron chi connectivity index (χ0n) is 19.3. The summed E-state index contributed by atoms with van der Waals surface area (Å²) >= 11 is 0. The highest BCUT2D eigenvalue weighted by Gasteiger charge is 2.36. The van der Waals surface area contributed by atoms with Gasteiger partial charge >= 0.3 is 0 Å². The van der Waals surface area contributed by atoms with Crippen LogP contribution < -0.4 is 10.3 Å². The number of carbonyl (C=O) groups excluding carboxylic acids is 1. The molecular formula is C25H26FN3O5. The van der Waals surface area contributed by atoms with Gasteiger partial charge in [-0.05, 0) is 37.1 Å². The molecule has 1 amide bonds. The predicted octanol–water partition coefficient (Wildman–Crippen LogP) is 3.43. The van der Waals surface area contributed by atoms with Gasteiger partial charge in [0.25, 0.3) is 11.5 Å². The summed E-state index contributed by atoms with van der Waals surface area (Å²) in [6, 6.07) is 15.0. The van der Waals surface area contributed by atoms with Crippen molar-refractivity contribution in [2.24, 2.45) is 0 Å². The summed E-state index contributed by atoms with van der Waals surface area (Å²) in [5.41, 5.74) is -0.0318. The highest BCUT2D eigenvalue weighted by atomic mass is 19.1. The van der Waals surface area contributed by atoms with E-state index >= 15 is 0 Å². The molecule has 34 heavy (non-hydrogen) atoms. The van der Waals surface area contributed by atoms with Gasteiger partial charge in [-0.3, -0.25) is 19.0 Å². The van der Waals surface area contributed by atoms with Crippen LogP contribution in [0.3, 0.4) is 0 Å². The molecule has 0 atom stereocenters. The van der Waals surface area contributed by atoms with Crippen LogP contribution >= 0.6 is 0 Å². The second-order valence-electron chi connectivity index (χ2n) is 8.35. The van der Waals surface area contributed by atoms with Gasteiger partial charge in [0, 0.05) is 0 Å². The van der Waals surface area contributed by atoms with Gasteiger partial charge in [-0.15, -0.1) is 0 Å². The SMILES string of the molecule is CON(Cc1ccc(F)cc1)C(=O)c1nc2n(c(=O)c1OCc1ccccc1)CCOC2(C)C. The monoisotopic (exact) mass is 467 g/mol. The van der Waals surface area contributed by atoms with E-state index in [1.807, 2.05) is 30.3 Å². The largest absolute Gasteiger partial charge is 0.481 e. The molecule has 2 heterocycles. The summed E-state index contributed by atoms with van der Waals surface area (Å²) in [6.07, 6.45) is 0. The van der Waals surface area contributed by atoms with Gasteiger partial charge in [-0.2, -0.15) is 0 Å². The van der Waals surface area contributed by atoms with Crippen LogP contribution in [0.1, 0.15) is 41.3 Å². The molecule has 0 fully saturated rings. The van der Waals surface area contributed by atoms with Crippen LogP contribution in [0.5, 0.6) is 5.75 Å². The third-order valence-electron chi connectivity index (χ3n) is 5.56. The van der Waals surface area contributed by atoms with E-state index in [0.717, 1.165) is 10.6 Å². The Labute approximate surface area is 196 Å².